The van der Waals surface area contributed by atoms with E-state index in [1.165, 1.54) is 12.8 Å². The van der Waals surface area contributed by atoms with Crippen LogP contribution in [0.1, 0.15) is 41.6 Å². The van der Waals surface area contributed by atoms with Gasteiger partial charge in [-0.2, -0.15) is 0 Å². The summed E-state index contributed by atoms with van der Waals surface area (Å²) in [6.07, 6.45) is 6.59. The molecule has 1 rings (SSSR count). The average Bonchev–Trinajstić information content (AvgIpc) is 2.35. The number of allylic oxidation sites excluding steroid dienone is 1. The molecule has 0 fully saturated rings. The van der Waals surface area contributed by atoms with E-state index in [1.807, 2.05) is 25.1 Å². The normalized spacial score (nSPS) is 10.3. The minimum Gasteiger partial charge on any atom is -0.478 e. The van der Waals surface area contributed by atoms with Gasteiger partial charge in [0, 0.05) is 4.90 Å². The van der Waals surface area contributed by atoms with Crippen molar-refractivity contribution in [2.75, 3.05) is 5.75 Å². The first-order valence-electron chi connectivity index (χ1n) is 6.23. The van der Waals surface area contributed by atoms with Crippen LogP contribution in [0.15, 0.2) is 35.7 Å². The molecule has 0 radical (unpaired) electrons. The zero-order valence-electron chi connectivity index (χ0n) is 10.8. The molecule has 0 saturated heterocycles. The Labute approximate surface area is 113 Å². The highest BCUT2D eigenvalue weighted by molar-refractivity contribution is 7.99. The van der Waals surface area contributed by atoms with Crippen molar-refractivity contribution in [3.05, 3.63) is 42.0 Å². The number of hydrogen-bond donors (Lipinski definition) is 1. The number of aromatic carboxylic acids is 1. The van der Waals surface area contributed by atoms with Gasteiger partial charge >= 0.3 is 5.97 Å². The molecule has 0 aliphatic heterocycles. The third-order valence-corrected chi connectivity index (χ3v) is 3.84. The van der Waals surface area contributed by atoms with Gasteiger partial charge in [-0.1, -0.05) is 18.6 Å². The average molecular weight is 264 g/mol. The van der Waals surface area contributed by atoms with Crippen LogP contribution in [-0.2, 0) is 0 Å². The maximum absolute atomic E-state index is 11.0. The number of rotatable bonds is 8. The summed E-state index contributed by atoms with van der Waals surface area (Å²) in [6, 6.07) is 5.64. The second-order valence-electron chi connectivity index (χ2n) is 4.27. The van der Waals surface area contributed by atoms with Crippen LogP contribution >= 0.6 is 11.8 Å². The van der Waals surface area contributed by atoms with Gasteiger partial charge in [0.05, 0.1) is 5.56 Å². The predicted octanol–water partition coefficient (Wildman–Crippen LogP) is 4.53. The monoisotopic (exact) mass is 264 g/mol. The third-order valence-electron chi connectivity index (χ3n) is 2.76. The first-order chi connectivity index (χ1) is 8.65. The van der Waals surface area contributed by atoms with E-state index < -0.39 is 5.97 Å². The summed E-state index contributed by atoms with van der Waals surface area (Å²) < 4.78 is 0. The number of benzene rings is 1. The van der Waals surface area contributed by atoms with Gasteiger partial charge in [-0.15, -0.1) is 18.3 Å². The lowest BCUT2D eigenvalue weighted by atomic mass is 10.1. The number of carboxylic acid groups (broad SMARTS) is 1. The minimum absolute atomic E-state index is 0.409. The summed E-state index contributed by atoms with van der Waals surface area (Å²) in [5.41, 5.74) is 1.23. The molecule has 1 aromatic carbocycles. The molecule has 0 amide bonds. The molecule has 0 heterocycles. The molecule has 18 heavy (non-hydrogen) atoms. The zero-order valence-corrected chi connectivity index (χ0v) is 11.6. The Kier molecular flexibility index (Phi) is 6.58. The highest BCUT2D eigenvalue weighted by Gasteiger charge is 2.07. The van der Waals surface area contributed by atoms with E-state index in [4.69, 9.17) is 5.11 Å². The number of carbonyl (C=O) groups is 1. The number of unbranched alkanes of at least 4 members (excludes halogenated alkanes) is 3. The molecule has 0 spiro atoms. The summed E-state index contributed by atoms with van der Waals surface area (Å²) >= 11 is 1.73. The number of thioether (sulfide) groups is 1. The van der Waals surface area contributed by atoms with Crippen LogP contribution in [0.4, 0.5) is 0 Å². The second-order valence-corrected chi connectivity index (χ2v) is 5.44. The van der Waals surface area contributed by atoms with Crippen LogP contribution in [0.3, 0.4) is 0 Å². The molecule has 0 aliphatic rings. The van der Waals surface area contributed by atoms with Gasteiger partial charge in [0.25, 0.3) is 0 Å². The van der Waals surface area contributed by atoms with E-state index in [-0.39, 0.29) is 0 Å². The van der Waals surface area contributed by atoms with Crippen molar-refractivity contribution in [2.24, 2.45) is 0 Å². The standard InChI is InChI=1S/C15H20O2S/c1-3-4-5-6-7-10-18-13-9-8-12(2)14(11-13)15(16)17/h3,8-9,11H,1,4-7,10H2,2H3,(H,16,17). The molecular weight excluding hydrogens is 244 g/mol. The van der Waals surface area contributed by atoms with Gasteiger partial charge in [0.2, 0.25) is 0 Å². The Morgan fingerprint density at radius 3 is 2.83 bits per heavy atom. The summed E-state index contributed by atoms with van der Waals surface area (Å²) in [4.78, 5) is 12.0. The molecule has 3 heteroatoms. The second kappa shape index (κ2) is 7.98. The van der Waals surface area contributed by atoms with Gasteiger partial charge in [-0.05, 0) is 49.6 Å². The van der Waals surface area contributed by atoms with Gasteiger partial charge in [0.1, 0.15) is 0 Å². The van der Waals surface area contributed by atoms with Gasteiger partial charge < -0.3 is 5.11 Å². The van der Waals surface area contributed by atoms with E-state index in [0.717, 1.165) is 29.1 Å². The van der Waals surface area contributed by atoms with Crippen molar-refractivity contribution in [1.82, 2.24) is 0 Å². The fourth-order valence-corrected chi connectivity index (χ4v) is 2.63. The van der Waals surface area contributed by atoms with Gasteiger partial charge in [-0.25, -0.2) is 4.79 Å². The Morgan fingerprint density at radius 1 is 1.39 bits per heavy atom. The Hall–Kier alpha value is -1.22. The Bertz CT molecular complexity index is 413. The summed E-state index contributed by atoms with van der Waals surface area (Å²) in [6.45, 7) is 5.53. The van der Waals surface area contributed by atoms with Gasteiger partial charge in [-0.3, -0.25) is 0 Å². The van der Waals surface area contributed by atoms with Crippen LogP contribution in [0.5, 0.6) is 0 Å². The van der Waals surface area contributed by atoms with Crippen molar-refractivity contribution < 1.29 is 9.90 Å². The molecule has 0 aromatic heterocycles. The maximum Gasteiger partial charge on any atom is 0.335 e. The van der Waals surface area contributed by atoms with Crippen LogP contribution in [0, 0.1) is 6.92 Å². The fourth-order valence-electron chi connectivity index (χ4n) is 1.68. The van der Waals surface area contributed by atoms with E-state index in [0.29, 0.717) is 5.56 Å². The SMILES string of the molecule is C=CCCCCCSc1ccc(C)c(C(=O)O)c1. The van der Waals surface area contributed by atoms with E-state index in [2.05, 4.69) is 6.58 Å². The van der Waals surface area contributed by atoms with Crippen LogP contribution in [0.25, 0.3) is 0 Å². The van der Waals surface area contributed by atoms with Crippen LogP contribution < -0.4 is 0 Å². The largest absolute Gasteiger partial charge is 0.478 e. The van der Waals surface area contributed by atoms with Crippen molar-refractivity contribution >= 4 is 17.7 Å². The van der Waals surface area contributed by atoms with Crippen LogP contribution in [0.2, 0.25) is 0 Å². The Morgan fingerprint density at radius 2 is 2.17 bits per heavy atom. The van der Waals surface area contributed by atoms with Crippen LogP contribution in [-0.4, -0.2) is 16.8 Å². The highest BCUT2D eigenvalue weighted by Crippen LogP contribution is 2.23. The molecular formula is C15H20O2S. The zero-order chi connectivity index (χ0) is 13.4. The van der Waals surface area contributed by atoms with E-state index >= 15 is 0 Å². The first kappa shape index (κ1) is 14.8. The highest BCUT2D eigenvalue weighted by atomic mass is 32.2. The van der Waals surface area contributed by atoms with Crippen molar-refractivity contribution in [1.29, 1.82) is 0 Å². The molecule has 1 N–H and O–H groups in total. The molecule has 2 nitrogen and oxygen atoms in total. The predicted molar refractivity (Wildman–Crippen MR) is 77.5 cm³/mol. The van der Waals surface area contributed by atoms with E-state index in [9.17, 15) is 4.79 Å². The number of carboxylic acids is 1. The minimum atomic E-state index is -0.846. The molecule has 0 atom stereocenters. The lowest BCUT2D eigenvalue weighted by Crippen LogP contribution is -1.99. The lowest BCUT2D eigenvalue weighted by Gasteiger charge is -2.05. The van der Waals surface area contributed by atoms with E-state index in [1.54, 1.807) is 17.8 Å². The molecule has 0 unspecified atom stereocenters. The summed E-state index contributed by atoms with van der Waals surface area (Å²) in [5, 5.41) is 9.04. The molecule has 1 aromatic rings. The fraction of sp³-hybridized carbons (Fsp3) is 0.400. The lowest BCUT2D eigenvalue weighted by molar-refractivity contribution is 0.0696. The van der Waals surface area contributed by atoms with Gasteiger partial charge in [0.15, 0.2) is 0 Å². The quantitative estimate of drug-likeness (QED) is 0.426. The number of aryl methyl sites for hydroxylation is 1. The van der Waals surface area contributed by atoms with Crippen molar-refractivity contribution in [2.45, 2.75) is 37.5 Å². The Balaban J connectivity index is 2.41. The topological polar surface area (TPSA) is 37.3 Å². The first-order valence-corrected chi connectivity index (χ1v) is 7.21. The maximum atomic E-state index is 11.0. The van der Waals surface area contributed by atoms with Crippen molar-refractivity contribution in [3.8, 4) is 0 Å². The smallest absolute Gasteiger partial charge is 0.335 e. The molecule has 0 bridgehead atoms. The summed E-state index contributed by atoms with van der Waals surface area (Å²) in [7, 11) is 0. The molecule has 98 valence electrons. The summed E-state index contributed by atoms with van der Waals surface area (Å²) in [5.74, 6) is 0.195. The van der Waals surface area contributed by atoms with Crippen molar-refractivity contribution in [3.63, 3.8) is 0 Å². The number of hydrogen-bond acceptors (Lipinski definition) is 2. The third kappa shape index (κ3) is 4.96. The molecule has 0 aliphatic carbocycles. The molecule has 0 saturated carbocycles.